The van der Waals surface area contributed by atoms with Crippen molar-refractivity contribution in [3.8, 4) is 0 Å². The van der Waals surface area contributed by atoms with Gasteiger partial charge >= 0.3 is 0 Å². The highest BCUT2D eigenvalue weighted by Crippen LogP contribution is 2.14. The molecule has 2 N–H and O–H groups in total. The smallest absolute Gasteiger partial charge is 0.0487 e. The van der Waals surface area contributed by atoms with Crippen molar-refractivity contribution in [2.24, 2.45) is 0 Å². The molecule has 1 aliphatic heterocycles. The third-order valence-corrected chi connectivity index (χ3v) is 3.08. The molecule has 84 valence electrons. The van der Waals surface area contributed by atoms with Gasteiger partial charge in [-0.05, 0) is 12.1 Å². The van der Waals surface area contributed by atoms with Gasteiger partial charge in [0.1, 0.15) is 0 Å². The highest BCUT2D eigenvalue weighted by molar-refractivity contribution is 5.79. The second-order valence-electron chi connectivity index (χ2n) is 4.28. The number of piperazine rings is 1. The van der Waals surface area contributed by atoms with Crippen molar-refractivity contribution in [2.75, 3.05) is 26.2 Å². The van der Waals surface area contributed by atoms with Gasteiger partial charge in [0, 0.05) is 61.7 Å². The number of aromatic amines is 1. The average Bonchev–Trinajstić information content (AvgIpc) is 2.72. The maximum Gasteiger partial charge on any atom is 0.0487 e. The second kappa shape index (κ2) is 4.23. The maximum absolute atomic E-state index is 4.13. The monoisotopic (exact) mass is 216 g/mol. The van der Waals surface area contributed by atoms with Crippen LogP contribution in [0.4, 0.5) is 0 Å². The van der Waals surface area contributed by atoms with Crippen LogP contribution in [0, 0.1) is 0 Å². The zero-order valence-corrected chi connectivity index (χ0v) is 9.24. The highest BCUT2D eigenvalue weighted by atomic mass is 15.2. The van der Waals surface area contributed by atoms with Crippen molar-refractivity contribution < 1.29 is 0 Å². The lowest BCUT2D eigenvalue weighted by atomic mass is 10.3. The maximum atomic E-state index is 4.13. The Kier molecular flexibility index (Phi) is 2.60. The first-order valence-corrected chi connectivity index (χ1v) is 5.76. The molecule has 0 aromatic carbocycles. The third-order valence-electron chi connectivity index (χ3n) is 3.08. The molecule has 16 heavy (non-hydrogen) atoms. The lowest BCUT2D eigenvalue weighted by molar-refractivity contribution is 0.231. The van der Waals surface area contributed by atoms with Crippen molar-refractivity contribution in [2.45, 2.75) is 6.54 Å². The first-order chi connectivity index (χ1) is 7.92. The van der Waals surface area contributed by atoms with Crippen molar-refractivity contribution in [1.82, 2.24) is 20.2 Å². The van der Waals surface area contributed by atoms with E-state index in [1.54, 1.807) is 0 Å². The Morgan fingerprint density at radius 3 is 3.00 bits per heavy atom. The van der Waals surface area contributed by atoms with Crippen LogP contribution in [0.3, 0.4) is 0 Å². The summed E-state index contributed by atoms with van der Waals surface area (Å²) in [5.41, 5.74) is 2.46. The summed E-state index contributed by atoms with van der Waals surface area (Å²) < 4.78 is 0. The molecule has 0 atom stereocenters. The van der Waals surface area contributed by atoms with Crippen molar-refractivity contribution in [3.63, 3.8) is 0 Å². The molecule has 3 rings (SSSR count). The van der Waals surface area contributed by atoms with E-state index >= 15 is 0 Å². The normalized spacial score (nSPS) is 18.0. The van der Waals surface area contributed by atoms with Gasteiger partial charge in [-0.1, -0.05) is 0 Å². The van der Waals surface area contributed by atoms with Crippen LogP contribution in [0.1, 0.15) is 5.69 Å². The number of hydrogen-bond acceptors (Lipinski definition) is 3. The zero-order valence-electron chi connectivity index (χ0n) is 9.24. The predicted octanol–water partition coefficient (Wildman–Crippen LogP) is 0.968. The largest absolute Gasteiger partial charge is 0.357 e. The number of pyridine rings is 1. The van der Waals surface area contributed by atoms with Gasteiger partial charge in [0.15, 0.2) is 0 Å². The van der Waals surface area contributed by atoms with Gasteiger partial charge in [0.2, 0.25) is 0 Å². The van der Waals surface area contributed by atoms with Crippen LogP contribution < -0.4 is 5.32 Å². The zero-order chi connectivity index (χ0) is 10.8. The third kappa shape index (κ3) is 1.94. The molecule has 4 heteroatoms. The van der Waals surface area contributed by atoms with Crippen molar-refractivity contribution >= 4 is 10.9 Å². The Morgan fingerprint density at radius 2 is 2.19 bits per heavy atom. The van der Waals surface area contributed by atoms with Gasteiger partial charge in [-0.15, -0.1) is 0 Å². The number of nitrogens with one attached hydrogen (secondary N) is 2. The minimum Gasteiger partial charge on any atom is -0.357 e. The molecule has 4 nitrogen and oxygen atoms in total. The summed E-state index contributed by atoms with van der Waals surface area (Å²) in [4.78, 5) is 10.0. The Balaban J connectivity index is 1.78. The van der Waals surface area contributed by atoms with E-state index in [0.29, 0.717) is 0 Å². The first kappa shape index (κ1) is 9.81. The average molecular weight is 216 g/mol. The fraction of sp³-hybridized carbons (Fsp3) is 0.417. The van der Waals surface area contributed by atoms with Gasteiger partial charge in [0.05, 0.1) is 0 Å². The van der Waals surface area contributed by atoms with Crippen molar-refractivity contribution in [1.29, 1.82) is 0 Å². The van der Waals surface area contributed by atoms with E-state index in [0.717, 1.165) is 32.7 Å². The molecule has 0 bridgehead atoms. The summed E-state index contributed by atoms with van der Waals surface area (Å²) in [6.07, 6.45) is 3.74. The highest BCUT2D eigenvalue weighted by Gasteiger charge is 2.10. The van der Waals surface area contributed by atoms with Crippen molar-refractivity contribution in [3.05, 3.63) is 30.2 Å². The van der Waals surface area contributed by atoms with Crippen LogP contribution in [0.15, 0.2) is 24.5 Å². The fourth-order valence-corrected chi connectivity index (χ4v) is 2.23. The SMILES string of the molecule is c1cc2[nH]c(CN3CCNCC3)cc2cn1. The molecule has 2 aromatic rings. The molecule has 0 amide bonds. The van der Waals surface area contributed by atoms with Crippen LogP contribution in [0.5, 0.6) is 0 Å². The summed E-state index contributed by atoms with van der Waals surface area (Å²) in [5, 5.41) is 4.57. The molecule has 1 aliphatic rings. The molecule has 0 saturated carbocycles. The number of nitrogens with zero attached hydrogens (tertiary/aromatic N) is 2. The van der Waals surface area contributed by atoms with E-state index in [1.807, 2.05) is 18.5 Å². The Labute approximate surface area is 94.7 Å². The molecule has 1 fully saturated rings. The molecular formula is C12H16N4. The van der Waals surface area contributed by atoms with Gasteiger partial charge < -0.3 is 10.3 Å². The van der Waals surface area contributed by atoms with Gasteiger partial charge in [-0.2, -0.15) is 0 Å². The summed E-state index contributed by atoms with van der Waals surface area (Å²) in [6.45, 7) is 5.47. The Morgan fingerprint density at radius 1 is 1.31 bits per heavy atom. The van der Waals surface area contributed by atoms with E-state index in [9.17, 15) is 0 Å². The molecule has 3 heterocycles. The van der Waals surface area contributed by atoms with E-state index < -0.39 is 0 Å². The number of fused-ring (bicyclic) bond motifs is 1. The van der Waals surface area contributed by atoms with E-state index in [2.05, 4.69) is 26.3 Å². The fourth-order valence-electron chi connectivity index (χ4n) is 2.23. The van der Waals surface area contributed by atoms with Gasteiger partial charge in [-0.25, -0.2) is 0 Å². The molecule has 2 aromatic heterocycles. The molecule has 1 saturated heterocycles. The summed E-state index contributed by atoms with van der Waals surface area (Å²) in [5.74, 6) is 0. The van der Waals surface area contributed by atoms with Crippen LogP contribution >= 0.6 is 0 Å². The van der Waals surface area contributed by atoms with Crippen LogP contribution in [-0.4, -0.2) is 41.0 Å². The Hall–Kier alpha value is -1.39. The number of aromatic nitrogens is 2. The standard InChI is InChI=1S/C12H16N4/c1-2-14-8-10-7-11(15-12(1)10)9-16-5-3-13-4-6-16/h1-2,7-8,13,15H,3-6,9H2. The first-order valence-electron chi connectivity index (χ1n) is 5.76. The number of H-pyrrole nitrogens is 1. The molecule has 0 unspecified atom stereocenters. The number of hydrogen-bond donors (Lipinski definition) is 2. The Bertz CT molecular complexity index is 438. The quantitative estimate of drug-likeness (QED) is 0.786. The van der Waals surface area contributed by atoms with E-state index in [4.69, 9.17) is 0 Å². The molecular weight excluding hydrogens is 200 g/mol. The lowest BCUT2D eigenvalue weighted by Crippen LogP contribution is -2.42. The summed E-state index contributed by atoms with van der Waals surface area (Å²) in [7, 11) is 0. The lowest BCUT2D eigenvalue weighted by Gasteiger charge is -2.26. The van der Waals surface area contributed by atoms with Crippen LogP contribution in [0.2, 0.25) is 0 Å². The van der Waals surface area contributed by atoms with Gasteiger partial charge in [-0.3, -0.25) is 9.88 Å². The molecule has 0 aliphatic carbocycles. The summed E-state index contributed by atoms with van der Waals surface area (Å²) in [6, 6.07) is 4.22. The van der Waals surface area contributed by atoms with E-state index in [1.165, 1.54) is 16.6 Å². The van der Waals surface area contributed by atoms with Gasteiger partial charge in [0.25, 0.3) is 0 Å². The topological polar surface area (TPSA) is 44.0 Å². The molecule has 0 spiro atoms. The number of rotatable bonds is 2. The van der Waals surface area contributed by atoms with E-state index in [-0.39, 0.29) is 0 Å². The van der Waals surface area contributed by atoms with Crippen LogP contribution in [0.25, 0.3) is 10.9 Å². The minimum atomic E-state index is 1.01. The summed E-state index contributed by atoms with van der Waals surface area (Å²) >= 11 is 0. The minimum absolute atomic E-state index is 1.01. The second-order valence-corrected chi connectivity index (χ2v) is 4.28. The predicted molar refractivity (Wildman–Crippen MR) is 64.2 cm³/mol. The molecule has 0 radical (unpaired) electrons. The van der Waals surface area contributed by atoms with Crippen LogP contribution in [-0.2, 0) is 6.54 Å².